The van der Waals surface area contributed by atoms with Crippen LogP contribution < -0.4 is 0 Å². The molecule has 100 valence electrons. The highest BCUT2D eigenvalue weighted by Crippen LogP contribution is 2.35. The van der Waals surface area contributed by atoms with Crippen molar-refractivity contribution in [2.45, 2.75) is 51.9 Å². The first-order valence-electron chi connectivity index (χ1n) is 7.18. The molecule has 1 heterocycles. The van der Waals surface area contributed by atoms with Gasteiger partial charge in [-0.3, -0.25) is 0 Å². The van der Waals surface area contributed by atoms with Gasteiger partial charge in [0.15, 0.2) is 0 Å². The predicted molar refractivity (Wildman–Crippen MR) is 74.0 cm³/mol. The zero-order chi connectivity index (χ0) is 13.0. The smallest absolute Gasteiger partial charge is 0.123 e. The summed E-state index contributed by atoms with van der Waals surface area (Å²) in [5.74, 6) is 2.96. The van der Waals surface area contributed by atoms with Gasteiger partial charge in [0.05, 0.1) is 0 Å². The maximum Gasteiger partial charge on any atom is 0.123 e. The second kappa shape index (κ2) is 6.12. The number of ether oxygens (including phenoxy) is 1. The van der Waals surface area contributed by atoms with E-state index in [9.17, 15) is 5.11 Å². The van der Waals surface area contributed by atoms with Crippen molar-refractivity contribution in [2.75, 3.05) is 0 Å². The number of rotatable bonds is 4. The molecule has 1 saturated carbocycles. The van der Waals surface area contributed by atoms with Gasteiger partial charge >= 0.3 is 0 Å². The van der Waals surface area contributed by atoms with Gasteiger partial charge in [0.25, 0.3) is 0 Å². The molecular weight excluding hydrogens is 224 g/mol. The molecule has 0 radical (unpaired) electrons. The van der Waals surface area contributed by atoms with Crippen LogP contribution in [0.25, 0.3) is 0 Å². The van der Waals surface area contributed by atoms with E-state index in [-0.39, 0.29) is 5.76 Å². The van der Waals surface area contributed by atoms with Crippen molar-refractivity contribution in [1.82, 2.24) is 0 Å². The molecule has 2 heteroatoms. The van der Waals surface area contributed by atoms with Crippen LogP contribution >= 0.6 is 0 Å². The standard InChI is InChI=1S/C16H24O2/c1-3-14(10-13-7-5-4-6-8-13)16-11-15(17)9-12(2)18-16/h9,11,13-14,17H,2-8,10H2,1H3. The van der Waals surface area contributed by atoms with Crippen LogP contribution in [0.15, 0.2) is 36.0 Å². The summed E-state index contributed by atoms with van der Waals surface area (Å²) in [6.45, 7) is 5.97. The summed E-state index contributed by atoms with van der Waals surface area (Å²) in [5.41, 5.74) is 0. The molecule has 1 atom stereocenters. The van der Waals surface area contributed by atoms with Crippen molar-refractivity contribution in [1.29, 1.82) is 0 Å². The minimum absolute atomic E-state index is 0.267. The maximum absolute atomic E-state index is 9.64. The average Bonchev–Trinajstić information content (AvgIpc) is 2.36. The molecule has 1 unspecified atom stereocenters. The fourth-order valence-corrected chi connectivity index (χ4v) is 3.07. The van der Waals surface area contributed by atoms with Crippen molar-refractivity contribution in [2.24, 2.45) is 11.8 Å². The molecule has 1 aliphatic heterocycles. The Morgan fingerprint density at radius 3 is 2.67 bits per heavy atom. The van der Waals surface area contributed by atoms with Gasteiger partial charge in [-0.2, -0.15) is 0 Å². The number of aliphatic hydroxyl groups is 1. The van der Waals surface area contributed by atoms with Crippen LogP contribution in [0.2, 0.25) is 0 Å². The molecule has 1 N–H and O–H groups in total. The molecule has 0 spiro atoms. The second-order valence-corrected chi connectivity index (χ2v) is 5.53. The summed E-state index contributed by atoms with van der Waals surface area (Å²) in [6, 6.07) is 0. The molecule has 2 nitrogen and oxygen atoms in total. The van der Waals surface area contributed by atoms with Crippen molar-refractivity contribution in [3.63, 3.8) is 0 Å². The lowest BCUT2D eigenvalue weighted by Crippen LogP contribution is -2.16. The van der Waals surface area contributed by atoms with Gasteiger partial charge < -0.3 is 9.84 Å². The largest absolute Gasteiger partial charge is 0.508 e. The van der Waals surface area contributed by atoms with E-state index in [0.717, 1.165) is 18.1 Å². The zero-order valence-corrected chi connectivity index (χ0v) is 11.3. The second-order valence-electron chi connectivity index (χ2n) is 5.53. The Morgan fingerprint density at radius 2 is 2.06 bits per heavy atom. The summed E-state index contributed by atoms with van der Waals surface area (Å²) < 4.78 is 5.68. The van der Waals surface area contributed by atoms with Crippen LogP contribution in [0.3, 0.4) is 0 Å². The highest BCUT2D eigenvalue weighted by molar-refractivity contribution is 5.28. The monoisotopic (exact) mass is 248 g/mol. The Hall–Kier alpha value is -1.18. The van der Waals surface area contributed by atoms with E-state index in [1.807, 2.05) is 0 Å². The Balaban J connectivity index is 1.99. The van der Waals surface area contributed by atoms with E-state index in [0.29, 0.717) is 11.7 Å². The van der Waals surface area contributed by atoms with Crippen molar-refractivity contribution >= 4 is 0 Å². The Labute approximate surface area is 110 Å². The van der Waals surface area contributed by atoms with Crippen LogP contribution in [-0.4, -0.2) is 5.11 Å². The van der Waals surface area contributed by atoms with Gasteiger partial charge in [-0.1, -0.05) is 45.6 Å². The highest BCUT2D eigenvalue weighted by atomic mass is 16.5. The molecule has 0 aromatic carbocycles. The molecule has 0 aromatic heterocycles. The van der Waals surface area contributed by atoms with Crippen molar-refractivity contribution < 1.29 is 9.84 Å². The van der Waals surface area contributed by atoms with E-state index in [4.69, 9.17) is 4.74 Å². The lowest BCUT2D eigenvalue weighted by Gasteiger charge is -2.28. The Bertz CT molecular complexity index is 359. The molecule has 0 bridgehead atoms. The van der Waals surface area contributed by atoms with Gasteiger partial charge in [0.2, 0.25) is 0 Å². The van der Waals surface area contributed by atoms with Gasteiger partial charge in [-0.05, 0) is 18.8 Å². The van der Waals surface area contributed by atoms with E-state index < -0.39 is 0 Å². The first-order valence-corrected chi connectivity index (χ1v) is 7.18. The molecular formula is C16H24O2. The van der Waals surface area contributed by atoms with Crippen molar-refractivity contribution in [3.05, 3.63) is 36.0 Å². The Morgan fingerprint density at radius 1 is 1.33 bits per heavy atom. The normalized spacial score (nSPS) is 23.1. The maximum atomic E-state index is 9.64. The first kappa shape index (κ1) is 13.3. The van der Waals surface area contributed by atoms with Gasteiger partial charge in [0, 0.05) is 18.1 Å². The molecule has 0 aromatic rings. The van der Waals surface area contributed by atoms with Crippen LogP contribution in [-0.2, 0) is 4.74 Å². The minimum atomic E-state index is 0.267. The predicted octanol–water partition coefficient (Wildman–Crippen LogP) is 4.85. The van der Waals surface area contributed by atoms with E-state index in [2.05, 4.69) is 13.5 Å². The van der Waals surface area contributed by atoms with Gasteiger partial charge in [0.1, 0.15) is 17.3 Å². The number of hydrogen-bond acceptors (Lipinski definition) is 2. The third-order valence-corrected chi connectivity index (χ3v) is 4.09. The van der Waals surface area contributed by atoms with E-state index >= 15 is 0 Å². The summed E-state index contributed by atoms with van der Waals surface area (Å²) in [6.07, 6.45) is 12.4. The molecule has 0 amide bonds. The Kier molecular flexibility index (Phi) is 4.51. The van der Waals surface area contributed by atoms with Crippen molar-refractivity contribution in [3.8, 4) is 0 Å². The molecule has 1 fully saturated rings. The lowest BCUT2D eigenvalue weighted by atomic mass is 9.81. The number of allylic oxidation sites excluding steroid dienone is 3. The third kappa shape index (κ3) is 3.41. The van der Waals surface area contributed by atoms with E-state index in [1.54, 1.807) is 12.2 Å². The first-order chi connectivity index (χ1) is 8.69. The lowest BCUT2D eigenvalue weighted by molar-refractivity contribution is 0.212. The minimum Gasteiger partial charge on any atom is -0.508 e. The zero-order valence-electron chi connectivity index (χ0n) is 11.3. The summed E-state index contributed by atoms with van der Waals surface area (Å²) in [4.78, 5) is 0. The molecule has 2 rings (SSSR count). The summed E-state index contributed by atoms with van der Waals surface area (Å²) in [5, 5.41) is 9.64. The topological polar surface area (TPSA) is 29.5 Å². The van der Waals surface area contributed by atoms with E-state index in [1.165, 1.54) is 38.5 Å². The molecule has 0 saturated heterocycles. The van der Waals surface area contributed by atoms with Gasteiger partial charge in [-0.25, -0.2) is 0 Å². The molecule has 2 aliphatic rings. The quantitative estimate of drug-likeness (QED) is 0.770. The fraction of sp³-hybridized carbons (Fsp3) is 0.625. The van der Waals surface area contributed by atoms with Gasteiger partial charge in [-0.15, -0.1) is 0 Å². The van der Waals surface area contributed by atoms with Crippen LogP contribution in [0.5, 0.6) is 0 Å². The third-order valence-electron chi connectivity index (χ3n) is 4.09. The van der Waals surface area contributed by atoms with Crippen LogP contribution in [0, 0.1) is 11.8 Å². The number of hydrogen-bond donors (Lipinski definition) is 1. The summed E-state index contributed by atoms with van der Waals surface area (Å²) >= 11 is 0. The van der Waals surface area contributed by atoms with Crippen LogP contribution in [0.4, 0.5) is 0 Å². The van der Waals surface area contributed by atoms with Crippen LogP contribution in [0.1, 0.15) is 51.9 Å². The fourth-order valence-electron chi connectivity index (χ4n) is 3.07. The molecule has 1 aliphatic carbocycles. The summed E-state index contributed by atoms with van der Waals surface area (Å²) in [7, 11) is 0. The number of aliphatic hydroxyl groups excluding tert-OH is 1. The average molecular weight is 248 g/mol. The SMILES string of the molecule is C=C1C=C(O)C=C(C(CC)CC2CCCCC2)O1. The highest BCUT2D eigenvalue weighted by Gasteiger charge is 2.23. The molecule has 18 heavy (non-hydrogen) atoms.